The van der Waals surface area contributed by atoms with Gasteiger partial charge in [-0.2, -0.15) is 0 Å². The molecular formula is C17H24F2N2O2. The average molecular weight is 326 g/mol. The number of nitrogens with zero attached hydrogens (tertiary/aromatic N) is 1. The fraction of sp³-hybridized carbons (Fsp3) is 0.588. The Kier molecular flexibility index (Phi) is 6.07. The number of piperidine rings is 1. The van der Waals surface area contributed by atoms with Crippen LogP contribution in [-0.4, -0.2) is 41.1 Å². The Balaban J connectivity index is 1.98. The highest BCUT2D eigenvalue weighted by atomic mass is 19.1. The fourth-order valence-electron chi connectivity index (χ4n) is 3.10. The summed E-state index contributed by atoms with van der Waals surface area (Å²) in [6, 6.07) is 3.42. The Morgan fingerprint density at radius 3 is 2.61 bits per heavy atom. The van der Waals surface area contributed by atoms with Gasteiger partial charge in [-0.25, -0.2) is 8.78 Å². The smallest absolute Gasteiger partial charge is 0.237 e. The van der Waals surface area contributed by atoms with Crippen molar-refractivity contribution in [1.82, 2.24) is 10.2 Å². The fourth-order valence-corrected chi connectivity index (χ4v) is 3.10. The third-order valence-electron chi connectivity index (χ3n) is 4.31. The highest BCUT2D eigenvalue weighted by Gasteiger charge is 2.30. The molecule has 1 aromatic rings. The topological polar surface area (TPSA) is 52.6 Å². The van der Waals surface area contributed by atoms with Gasteiger partial charge >= 0.3 is 0 Å². The Bertz CT molecular complexity index is 531. The van der Waals surface area contributed by atoms with E-state index < -0.39 is 23.3 Å². The first kappa shape index (κ1) is 17.8. The molecule has 2 atom stereocenters. The van der Waals surface area contributed by atoms with Crippen molar-refractivity contribution in [2.75, 3.05) is 13.1 Å². The summed E-state index contributed by atoms with van der Waals surface area (Å²) in [6.07, 6.45) is 1.39. The van der Waals surface area contributed by atoms with Gasteiger partial charge in [0, 0.05) is 12.6 Å². The predicted octanol–water partition coefficient (Wildman–Crippen LogP) is 2.38. The molecule has 0 bridgehead atoms. The lowest BCUT2D eigenvalue weighted by atomic mass is 9.99. The first-order chi connectivity index (χ1) is 10.9. The molecule has 6 heteroatoms. The minimum Gasteiger partial charge on any atom is -0.386 e. The number of carbonyl (C=O) groups excluding carboxylic acids is 1. The van der Waals surface area contributed by atoms with Crippen LogP contribution in [0.3, 0.4) is 0 Å². The normalized spacial score (nSPS) is 20.5. The second kappa shape index (κ2) is 7.84. The number of aliphatic hydroxyl groups excluding tert-OH is 1. The van der Waals surface area contributed by atoms with Crippen LogP contribution < -0.4 is 5.32 Å². The van der Waals surface area contributed by atoms with Gasteiger partial charge in [0.2, 0.25) is 5.91 Å². The second-order valence-corrected chi connectivity index (χ2v) is 6.24. The summed E-state index contributed by atoms with van der Waals surface area (Å²) in [5.41, 5.74) is -0.405. The van der Waals surface area contributed by atoms with Crippen molar-refractivity contribution in [2.45, 2.75) is 51.3 Å². The van der Waals surface area contributed by atoms with Crippen molar-refractivity contribution in [1.29, 1.82) is 0 Å². The minimum atomic E-state index is -1.41. The number of hydrogen-bond donors (Lipinski definition) is 2. The zero-order valence-corrected chi connectivity index (χ0v) is 13.6. The molecule has 0 radical (unpaired) electrons. The van der Waals surface area contributed by atoms with E-state index >= 15 is 0 Å². The summed E-state index contributed by atoms with van der Waals surface area (Å²) in [7, 11) is 0. The van der Waals surface area contributed by atoms with Crippen molar-refractivity contribution in [2.24, 2.45) is 0 Å². The van der Waals surface area contributed by atoms with Gasteiger partial charge in [0.1, 0.15) is 17.7 Å². The third kappa shape index (κ3) is 4.26. The van der Waals surface area contributed by atoms with E-state index in [4.69, 9.17) is 0 Å². The number of benzene rings is 1. The highest BCUT2D eigenvalue weighted by molar-refractivity contribution is 5.81. The van der Waals surface area contributed by atoms with Crippen LogP contribution in [0.25, 0.3) is 0 Å². The largest absolute Gasteiger partial charge is 0.386 e. The maximum atomic E-state index is 13.6. The van der Waals surface area contributed by atoms with Crippen molar-refractivity contribution in [3.63, 3.8) is 0 Å². The van der Waals surface area contributed by atoms with E-state index in [2.05, 4.69) is 10.2 Å². The molecule has 1 saturated heterocycles. The molecule has 0 spiro atoms. The van der Waals surface area contributed by atoms with Crippen LogP contribution in [0.15, 0.2) is 18.2 Å². The maximum Gasteiger partial charge on any atom is 0.237 e. The van der Waals surface area contributed by atoms with Crippen molar-refractivity contribution < 1.29 is 18.7 Å². The summed E-state index contributed by atoms with van der Waals surface area (Å²) in [5, 5.41) is 12.6. The second-order valence-electron chi connectivity index (χ2n) is 6.24. The molecule has 0 aromatic heterocycles. The quantitative estimate of drug-likeness (QED) is 0.873. The van der Waals surface area contributed by atoms with Gasteiger partial charge in [0.15, 0.2) is 0 Å². The number of nitrogens with one attached hydrogen (secondary N) is 1. The SMILES string of the molecule is CC(C)N1CCCCC1C(=O)NCC(O)c1c(F)cccc1F. The number of hydrogen-bond acceptors (Lipinski definition) is 3. The minimum absolute atomic E-state index is 0.200. The zero-order chi connectivity index (χ0) is 17.0. The van der Waals surface area contributed by atoms with Crippen LogP contribution in [-0.2, 0) is 4.79 Å². The maximum absolute atomic E-state index is 13.6. The van der Waals surface area contributed by atoms with Crippen LogP contribution >= 0.6 is 0 Å². The van der Waals surface area contributed by atoms with Gasteiger partial charge in [-0.15, -0.1) is 0 Å². The molecule has 1 heterocycles. The standard InChI is InChI=1S/C17H24F2N2O2/c1-11(2)21-9-4-3-8-14(21)17(23)20-10-15(22)16-12(18)6-5-7-13(16)19/h5-7,11,14-15,22H,3-4,8-10H2,1-2H3,(H,20,23). The number of amides is 1. The lowest BCUT2D eigenvalue weighted by Gasteiger charge is -2.37. The van der Waals surface area contributed by atoms with Gasteiger partial charge < -0.3 is 10.4 Å². The molecule has 2 N–H and O–H groups in total. The number of likely N-dealkylation sites (tertiary alicyclic amines) is 1. The van der Waals surface area contributed by atoms with Crippen LogP contribution in [0.1, 0.15) is 44.8 Å². The molecule has 4 nitrogen and oxygen atoms in total. The summed E-state index contributed by atoms with van der Waals surface area (Å²) in [5.74, 6) is -1.82. The number of halogens is 2. The monoisotopic (exact) mass is 326 g/mol. The van der Waals surface area contributed by atoms with E-state index in [0.717, 1.165) is 37.9 Å². The van der Waals surface area contributed by atoms with Crippen LogP contribution in [0.2, 0.25) is 0 Å². The molecule has 1 aromatic carbocycles. The first-order valence-corrected chi connectivity index (χ1v) is 8.07. The Hall–Kier alpha value is -1.53. The molecule has 1 fully saturated rings. The van der Waals surface area contributed by atoms with Gasteiger partial charge in [-0.05, 0) is 45.4 Å². The molecule has 2 unspecified atom stereocenters. The zero-order valence-electron chi connectivity index (χ0n) is 13.6. The van der Waals surface area contributed by atoms with E-state index in [1.807, 2.05) is 13.8 Å². The summed E-state index contributed by atoms with van der Waals surface area (Å²) < 4.78 is 27.3. The van der Waals surface area contributed by atoms with Crippen LogP contribution in [0.5, 0.6) is 0 Å². The van der Waals surface area contributed by atoms with Crippen molar-refractivity contribution in [3.8, 4) is 0 Å². The van der Waals surface area contributed by atoms with E-state index in [1.165, 1.54) is 6.07 Å². The van der Waals surface area contributed by atoms with Gasteiger partial charge in [0.05, 0.1) is 11.6 Å². The van der Waals surface area contributed by atoms with E-state index in [9.17, 15) is 18.7 Å². The first-order valence-electron chi connectivity index (χ1n) is 8.07. The Labute approximate surface area is 135 Å². The van der Waals surface area contributed by atoms with Crippen LogP contribution in [0, 0.1) is 11.6 Å². The molecule has 0 aliphatic carbocycles. The Morgan fingerprint density at radius 2 is 2.00 bits per heavy atom. The summed E-state index contributed by atoms with van der Waals surface area (Å²) in [6.45, 7) is 4.73. The molecule has 0 saturated carbocycles. The van der Waals surface area contributed by atoms with Crippen molar-refractivity contribution in [3.05, 3.63) is 35.4 Å². The molecular weight excluding hydrogens is 302 g/mol. The molecule has 128 valence electrons. The van der Waals surface area contributed by atoms with Crippen molar-refractivity contribution >= 4 is 5.91 Å². The van der Waals surface area contributed by atoms with E-state index in [-0.39, 0.29) is 24.5 Å². The molecule has 1 aliphatic rings. The molecule has 1 aliphatic heterocycles. The van der Waals surface area contributed by atoms with Gasteiger partial charge in [-0.1, -0.05) is 12.5 Å². The lowest BCUT2D eigenvalue weighted by molar-refractivity contribution is -0.129. The van der Waals surface area contributed by atoms with Gasteiger partial charge in [-0.3, -0.25) is 9.69 Å². The van der Waals surface area contributed by atoms with E-state index in [1.54, 1.807) is 0 Å². The molecule has 23 heavy (non-hydrogen) atoms. The van der Waals surface area contributed by atoms with E-state index in [0.29, 0.717) is 0 Å². The average Bonchev–Trinajstić information content (AvgIpc) is 2.52. The predicted molar refractivity (Wildman–Crippen MR) is 83.8 cm³/mol. The number of rotatable bonds is 5. The number of aliphatic hydroxyl groups is 1. The van der Waals surface area contributed by atoms with Gasteiger partial charge in [0.25, 0.3) is 0 Å². The highest BCUT2D eigenvalue weighted by Crippen LogP contribution is 2.22. The van der Waals surface area contributed by atoms with Crippen LogP contribution in [0.4, 0.5) is 8.78 Å². The summed E-state index contributed by atoms with van der Waals surface area (Å²) >= 11 is 0. The number of carbonyl (C=O) groups is 1. The molecule has 1 amide bonds. The third-order valence-corrected chi connectivity index (χ3v) is 4.31. The molecule has 2 rings (SSSR count). The Morgan fingerprint density at radius 1 is 1.35 bits per heavy atom. The summed E-state index contributed by atoms with van der Waals surface area (Å²) in [4.78, 5) is 14.5. The lowest BCUT2D eigenvalue weighted by Crippen LogP contribution is -2.52.